The van der Waals surface area contributed by atoms with E-state index in [0.29, 0.717) is 17.6 Å². The number of nitrogens with one attached hydrogen (secondary N) is 2. The van der Waals surface area contributed by atoms with Gasteiger partial charge in [0.1, 0.15) is 5.75 Å². The summed E-state index contributed by atoms with van der Waals surface area (Å²) in [5.74, 6) is 0.904. The average Bonchev–Trinajstić information content (AvgIpc) is 2.72. The number of nitriles is 1. The van der Waals surface area contributed by atoms with Gasteiger partial charge in [-0.25, -0.2) is 0 Å². The number of hydrogen-bond acceptors (Lipinski definition) is 4. The van der Waals surface area contributed by atoms with E-state index in [0.717, 1.165) is 29.0 Å². The van der Waals surface area contributed by atoms with Crippen LogP contribution in [-0.4, -0.2) is 26.2 Å². The van der Waals surface area contributed by atoms with Crippen LogP contribution in [0.25, 0.3) is 11.1 Å². The lowest BCUT2D eigenvalue weighted by atomic mass is 9.91. The summed E-state index contributed by atoms with van der Waals surface area (Å²) < 4.78 is 5.55. The number of nitrogens with zero attached hydrogens (tertiary/aromatic N) is 1. The van der Waals surface area contributed by atoms with Crippen molar-refractivity contribution >= 4 is 12.4 Å². The molecule has 0 unspecified atom stereocenters. The Bertz CT molecular complexity index is 779. The molecule has 27 heavy (non-hydrogen) atoms. The second-order valence-electron chi connectivity index (χ2n) is 6.94. The maximum Gasteiger partial charge on any atom is 0.123 e. The van der Waals surface area contributed by atoms with E-state index in [9.17, 15) is 0 Å². The van der Waals surface area contributed by atoms with Crippen molar-refractivity contribution in [2.75, 3.05) is 14.2 Å². The van der Waals surface area contributed by atoms with Crippen LogP contribution in [0.1, 0.15) is 36.8 Å². The van der Waals surface area contributed by atoms with Gasteiger partial charge in [0.2, 0.25) is 0 Å². The van der Waals surface area contributed by atoms with Gasteiger partial charge in [0, 0.05) is 24.2 Å². The van der Waals surface area contributed by atoms with Gasteiger partial charge in [-0.2, -0.15) is 5.26 Å². The van der Waals surface area contributed by atoms with E-state index in [1.807, 2.05) is 30.3 Å². The Morgan fingerprint density at radius 2 is 1.74 bits per heavy atom. The first-order valence-electron chi connectivity index (χ1n) is 9.31. The van der Waals surface area contributed by atoms with Crippen molar-refractivity contribution in [2.45, 2.75) is 44.3 Å². The van der Waals surface area contributed by atoms with Crippen LogP contribution in [0, 0.1) is 11.3 Å². The molecule has 5 heteroatoms. The van der Waals surface area contributed by atoms with Crippen LogP contribution < -0.4 is 15.4 Å². The van der Waals surface area contributed by atoms with Gasteiger partial charge in [0.05, 0.1) is 18.7 Å². The molecule has 1 aliphatic carbocycles. The van der Waals surface area contributed by atoms with Crippen molar-refractivity contribution in [3.63, 3.8) is 0 Å². The van der Waals surface area contributed by atoms with Crippen LogP contribution >= 0.6 is 12.4 Å². The quantitative estimate of drug-likeness (QED) is 0.779. The summed E-state index contributed by atoms with van der Waals surface area (Å²) in [5.41, 5.74) is 4.00. The van der Waals surface area contributed by atoms with Gasteiger partial charge >= 0.3 is 0 Å². The smallest absolute Gasteiger partial charge is 0.123 e. The molecule has 1 saturated carbocycles. The first-order chi connectivity index (χ1) is 12.7. The Morgan fingerprint density at radius 3 is 2.41 bits per heavy atom. The van der Waals surface area contributed by atoms with Crippen LogP contribution in [0.3, 0.4) is 0 Å². The molecule has 0 amide bonds. The Hall–Kier alpha value is -2.06. The van der Waals surface area contributed by atoms with E-state index in [4.69, 9.17) is 10.00 Å². The molecule has 0 bridgehead atoms. The minimum atomic E-state index is 0. The van der Waals surface area contributed by atoms with Gasteiger partial charge in [0.25, 0.3) is 0 Å². The van der Waals surface area contributed by atoms with E-state index < -0.39 is 0 Å². The summed E-state index contributed by atoms with van der Waals surface area (Å²) in [6, 6.07) is 17.4. The van der Waals surface area contributed by atoms with Gasteiger partial charge in [-0.15, -0.1) is 12.4 Å². The van der Waals surface area contributed by atoms with Gasteiger partial charge in [-0.3, -0.25) is 0 Å². The maximum absolute atomic E-state index is 9.13. The number of rotatable bonds is 6. The van der Waals surface area contributed by atoms with Crippen molar-refractivity contribution in [3.8, 4) is 22.9 Å². The molecule has 0 saturated heterocycles. The van der Waals surface area contributed by atoms with Gasteiger partial charge in [0.15, 0.2) is 0 Å². The minimum Gasteiger partial charge on any atom is -0.496 e. The molecule has 3 rings (SSSR count). The van der Waals surface area contributed by atoms with Gasteiger partial charge in [-0.1, -0.05) is 18.2 Å². The number of ether oxygens (including phenoxy) is 1. The summed E-state index contributed by atoms with van der Waals surface area (Å²) in [7, 11) is 3.77. The lowest BCUT2D eigenvalue weighted by molar-refractivity contribution is 0.315. The van der Waals surface area contributed by atoms with E-state index in [1.165, 1.54) is 25.7 Å². The maximum atomic E-state index is 9.13. The molecule has 2 aromatic rings. The molecule has 0 atom stereocenters. The number of halogens is 1. The third-order valence-corrected chi connectivity index (χ3v) is 5.32. The zero-order chi connectivity index (χ0) is 18.4. The molecular weight excluding hydrogens is 358 g/mol. The highest BCUT2D eigenvalue weighted by atomic mass is 35.5. The van der Waals surface area contributed by atoms with E-state index in [2.05, 4.69) is 35.9 Å². The summed E-state index contributed by atoms with van der Waals surface area (Å²) >= 11 is 0. The summed E-state index contributed by atoms with van der Waals surface area (Å²) in [6.07, 6.45) is 4.87. The molecule has 0 heterocycles. The molecule has 2 aromatic carbocycles. The third kappa shape index (κ3) is 5.46. The molecule has 0 spiro atoms. The molecule has 144 valence electrons. The summed E-state index contributed by atoms with van der Waals surface area (Å²) in [6.45, 7) is 0.795. The molecule has 0 radical (unpaired) electrons. The molecular formula is C22H28ClN3O. The first-order valence-corrected chi connectivity index (χ1v) is 9.31. The Kier molecular flexibility index (Phi) is 8.12. The van der Waals surface area contributed by atoms with Gasteiger partial charge < -0.3 is 15.4 Å². The van der Waals surface area contributed by atoms with Crippen LogP contribution in [0.2, 0.25) is 0 Å². The average molecular weight is 386 g/mol. The van der Waals surface area contributed by atoms with Crippen molar-refractivity contribution in [1.29, 1.82) is 5.26 Å². The van der Waals surface area contributed by atoms with Crippen LogP contribution in [0.4, 0.5) is 0 Å². The fourth-order valence-corrected chi connectivity index (χ4v) is 3.71. The summed E-state index contributed by atoms with van der Waals surface area (Å²) in [4.78, 5) is 0. The first kappa shape index (κ1) is 21.2. The highest BCUT2D eigenvalue weighted by Crippen LogP contribution is 2.28. The Morgan fingerprint density at radius 1 is 1.04 bits per heavy atom. The number of methoxy groups -OCH3 is 1. The van der Waals surface area contributed by atoms with E-state index in [1.54, 1.807) is 7.11 Å². The monoisotopic (exact) mass is 385 g/mol. The molecule has 1 aliphatic rings. The highest BCUT2D eigenvalue weighted by molar-refractivity contribution is 5.85. The standard InChI is InChI=1S/C22H27N3O.ClH/c1-24-20-7-9-21(10-8-20)25-15-19-13-18(6-11-22(19)26-2)17-5-3-4-16(12-17)14-23;/h3-6,11-13,20-21,24-25H,7-10,15H2,1-2H3;1H. The Labute approximate surface area is 168 Å². The fourth-order valence-electron chi connectivity index (χ4n) is 3.71. The van der Waals surface area contributed by atoms with Crippen LogP contribution in [-0.2, 0) is 6.54 Å². The van der Waals surface area contributed by atoms with Crippen molar-refractivity contribution in [2.24, 2.45) is 0 Å². The second kappa shape index (κ2) is 10.3. The normalized spacial score (nSPS) is 19.0. The minimum absolute atomic E-state index is 0. The predicted octanol–water partition coefficient (Wildman–Crippen LogP) is 4.28. The molecule has 4 nitrogen and oxygen atoms in total. The molecule has 2 N–H and O–H groups in total. The van der Waals surface area contributed by atoms with Crippen molar-refractivity contribution < 1.29 is 4.74 Å². The Balaban J connectivity index is 0.00000261. The van der Waals surface area contributed by atoms with Crippen LogP contribution in [0.5, 0.6) is 5.75 Å². The highest BCUT2D eigenvalue weighted by Gasteiger charge is 2.19. The zero-order valence-electron chi connectivity index (χ0n) is 16.0. The largest absolute Gasteiger partial charge is 0.496 e. The third-order valence-electron chi connectivity index (χ3n) is 5.32. The van der Waals surface area contributed by atoms with Crippen molar-refractivity contribution in [3.05, 3.63) is 53.6 Å². The topological polar surface area (TPSA) is 57.1 Å². The number of hydrogen-bond donors (Lipinski definition) is 2. The second-order valence-corrected chi connectivity index (χ2v) is 6.94. The van der Waals surface area contributed by atoms with E-state index >= 15 is 0 Å². The lowest BCUT2D eigenvalue weighted by Crippen LogP contribution is -2.38. The molecule has 0 aromatic heterocycles. The lowest BCUT2D eigenvalue weighted by Gasteiger charge is -2.29. The molecule has 0 aliphatic heterocycles. The van der Waals surface area contributed by atoms with Crippen molar-refractivity contribution in [1.82, 2.24) is 10.6 Å². The fraction of sp³-hybridized carbons (Fsp3) is 0.409. The SMILES string of the molecule is CNC1CCC(NCc2cc(-c3cccc(C#N)c3)ccc2OC)CC1.Cl. The zero-order valence-corrected chi connectivity index (χ0v) is 16.8. The molecule has 1 fully saturated rings. The summed E-state index contributed by atoms with van der Waals surface area (Å²) in [5, 5.41) is 16.2. The van der Waals surface area contributed by atoms with E-state index in [-0.39, 0.29) is 12.4 Å². The predicted molar refractivity (Wildman–Crippen MR) is 112 cm³/mol. The van der Waals surface area contributed by atoms with Gasteiger partial charge in [-0.05, 0) is 68.1 Å². The van der Waals surface area contributed by atoms with Crippen LogP contribution in [0.15, 0.2) is 42.5 Å². The number of benzene rings is 2.